The third-order valence-electron chi connectivity index (χ3n) is 7.12. The molecule has 4 heterocycles. The second-order valence-corrected chi connectivity index (χ2v) is 10.6. The molecule has 0 saturated carbocycles. The SMILES string of the molecule is C=C(C)CN(CC)c1ncnc2sc(C(=O)N3CCC(N4CCC[C@H](CO)C4)CC3)c(C)c12. The first-order chi connectivity index (χ1) is 15.9. The van der Waals surface area contributed by atoms with Crippen LogP contribution in [0.15, 0.2) is 18.5 Å². The lowest BCUT2D eigenvalue weighted by Gasteiger charge is -2.42. The summed E-state index contributed by atoms with van der Waals surface area (Å²) in [4.78, 5) is 31.0. The van der Waals surface area contributed by atoms with Gasteiger partial charge in [0.15, 0.2) is 0 Å². The van der Waals surface area contributed by atoms with Crippen LogP contribution in [0, 0.1) is 12.8 Å². The molecule has 0 aromatic carbocycles. The number of likely N-dealkylation sites (N-methyl/N-ethyl adjacent to an activating group) is 1. The van der Waals surface area contributed by atoms with E-state index in [4.69, 9.17) is 0 Å². The van der Waals surface area contributed by atoms with Crippen molar-refractivity contribution < 1.29 is 9.90 Å². The molecule has 2 fully saturated rings. The molecule has 0 spiro atoms. The molecule has 2 aromatic heterocycles. The fraction of sp³-hybridized carbons (Fsp3) is 0.640. The number of likely N-dealkylation sites (tertiary alicyclic amines) is 2. The number of amides is 1. The Kier molecular flexibility index (Phi) is 7.66. The number of aliphatic hydroxyl groups is 1. The second kappa shape index (κ2) is 10.5. The minimum atomic E-state index is 0.120. The average molecular weight is 472 g/mol. The van der Waals surface area contributed by atoms with Crippen molar-refractivity contribution in [2.75, 3.05) is 50.8 Å². The number of carbonyl (C=O) groups is 1. The Morgan fingerprint density at radius 1 is 1.27 bits per heavy atom. The Morgan fingerprint density at radius 2 is 2.03 bits per heavy atom. The number of anilines is 1. The summed E-state index contributed by atoms with van der Waals surface area (Å²) in [6.45, 7) is 15.7. The molecule has 2 aliphatic heterocycles. The minimum Gasteiger partial charge on any atom is -0.396 e. The van der Waals surface area contributed by atoms with Crippen molar-refractivity contribution >= 4 is 33.3 Å². The number of fused-ring (bicyclic) bond motifs is 1. The van der Waals surface area contributed by atoms with Gasteiger partial charge in [0, 0.05) is 45.4 Å². The van der Waals surface area contributed by atoms with Crippen LogP contribution in [-0.2, 0) is 0 Å². The summed E-state index contributed by atoms with van der Waals surface area (Å²) >= 11 is 1.49. The Bertz CT molecular complexity index is 998. The maximum Gasteiger partial charge on any atom is 0.264 e. The Morgan fingerprint density at radius 3 is 2.70 bits per heavy atom. The summed E-state index contributed by atoms with van der Waals surface area (Å²) in [7, 11) is 0. The van der Waals surface area contributed by atoms with Gasteiger partial charge in [-0.1, -0.05) is 12.2 Å². The maximum atomic E-state index is 13.5. The predicted octanol–water partition coefficient (Wildman–Crippen LogP) is 3.71. The topological polar surface area (TPSA) is 72.8 Å². The molecule has 1 N–H and O–H groups in total. The Hall–Kier alpha value is -2.03. The van der Waals surface area contributed by atoms with Crippen LogP contribution in [0.1, 0.15) is 54.8 Å². The van der Waals surface area contributed by atoms with Gasteiger partial charge >= 0.3 is 0 Å². The van der Waals surface area contributed by atoms with Crippen molar-refractivity contribution in [1.29, 1.82) is 0 Å². The highest BCUT2D eigenvalue weighted by Gasteiger charge is 2.32. The number of carbonyl (C=O) groups excluding carboxylic acids is 1. The van der Waals surface area contributed by atoms with E-state index >= 15 is 0 Å². The summed E-state index contributed by atoms with van der Waals surface area (Å²) in [6, 6.07) is 0.518. The van der Waals surface area contributed by atoms with Crippen molar-refractivity contribution in [2.24, 2.45) is 5.92 Å². The van der Waals surface area contributed by atoms with Crippen LogP contribution >= 0.6 is 11.3 Å². The van der Waals surface area contributed by atoms with Gasteiger partial charge in [0.2, 0.25) is 0 Å². The molecule has 2 aromatic rings. The third kappa shape index (κ3) is 5.08. The fourth-order valence-corrected chi connectivity index (χ4v) is 6.43. The van der Waals surface area contributed by atoms with E-state index < -0.39 is 0 Å². The fourth-order valence-electron chi connectivity index (χ4n) is 5.31. The van der Waals surface area contributed by atoms with Gasteiger partial charge in [-0.25, -0.2) is 9.97 Å². The maximum absolute atomic E-state index is 13.5. The third-order valence-corrected chi connectivity index (χ3v) is 8.31. The number of aromatic nitrogens is 2. The normalized spacial score (nSPS) is 20.4. The first-order valence-electron chi connectivity index (χ1n) is 12.2. The molecule has 180 valence electrons. The zero-order chi connectivity index (χ0) is 23.5. The monoisotopic (exact) mass is 471 g/mol. The van der Waals surface area contributed by atoms with Crippen LogP contribution in [0.3, 0.4) is 0 Å². The average Bonchev–Trinajstić information content (AvgIpc) is 3.18. The van der Waals surface area contributed by atoms with E-state index in [2.05, 4.69) is 33.3 Å². The predicted molar refractivity (Wildman–Crippen MR) is 135 cm³/mol. The standard InChI is InChI=1S/C25H37N5O2S/c1-5-28(13-17(2)3)23-21-18(4)22(33-24(21)27-16-26-23)25(32)29-11-8-20(9-12-29)30-10-6-7-19(14-30)15-31/h16,19-20,31H,2,5-15H2,1,3-4H3/t19-/m0/s1. The molecule has 4 rings (SSSR count). The molecule has 1 amide bonds. The first kappa shape index (κ1) is 24.1. The summed E-state index contributed by atoms with van der Waals surface area (Å²) < 4.78 is 0. The van der Waals surface area contributed by atoms with Gasteiger partial charge in [-0.2, -0.15) is 0 Å². The molecule has 0 bridgehead atoms. The van der Waals surface area contributed by atoms with Gasteiger partial charge in [0.05, 0.1) is 10.3 Å². The number of hydrogen-bond donors (Lipinski definition) is 1. The molecule has 0 aliphatic carbocycles. The van der Waals surface area contributed by atoms with Gasteiger partial charge in [-0.15, -0.1) is 11.3 Å². The zero-order valence-corrected chi connectivity index (χ0v) is 21.0. The van der Waals surface area contributed by atoms with Crippen LogP contribution < -0.4 is 4.90 Å². The van der Waals surface area contributed by atoms with Crippen molar-refractivity contribution in [1.82, 2.24) is 19.8 Å². The summed E-state index contributed by atoms with van der Waals surface area (Å²) in [5.41, 5.74) is 2.06. The van der Waals surface area contributed by atoms with Crippen molar-refractivity contribution in [2.45, 2.75) is 52.5 Å². The smallest absolute Gasteiger partial charge is 0.264 e. The summed E-state index contributed by atoms with van der Waals surface area (Å²) in [5.74, 6) is 1.41. The minimum absolute atomic E-state index is 0.120. The highest BCUT2D eigenvalue weighted by molar-refractivity contribution is 7.20. The molecule has 33 heavy (non-hydrogen) atoms. The van der Waals surface area contributed by atoms with E-state index in [1.807, 2.05) is 18.7 Å². The van der Waals surface area contributed by atoms with Gasteiger partial charge in [0.1, 0.15) is 17.0 Å². The molecule has 0 unspecified atom stereocenters. The number of piperidine rings is 2. The van der Waals surface area contributed by atoms with E-state index in [9.17, 15) is 9.90 Å². The van der Waals surface area contributed by atoms with Crippen LogP contribution in [-0.4, -0.2) is 82.7 Å². The van der Waals surface area contributed by atoms with Gasteiger partial charge in [-0.05, 0) is 64.5 Å². The molecule has 0 radical (unpaired) electrons. The molecule has 2 aliphatic rings. The first-order valence-corrected chi connectivity index (χ1v) is 13.0. The molecule has 7 nitrogen and oxygen atoms in total. The van der Waals surface area contributed by atoms with E-state index in [1.54, 1.807) is 6.33 Å². The van der Waals surface area contributed by atoms with Crippen LogP contribution in [0.2, 0.25) is 0 Å². The Labute approximate surface area is 201 Å². The Balaban J connectivity index is 1.49. The number of rotatable bonds is 7. The lowest BCUT2D eigenvalue weighted by molar-refractivity contribution is 0.0457. The van der Waals surface area contributed by atoms with Crippen molar-refractivity contribution in [3.63, 3.8) is 0 Å². The van der Waals surface area contributed by atoms with Gasteiger partial charge < -0.3 is 14.9 Å². The van der Waals surface area contributed by atoms with E-state index in [0.717, 1.165) is 97.0 Å². The largest absolute Gasteiger partial charge is 0.396 e. The molecule has 8 heteroatoms. The number of hydrogen-bond acceptors (Lipinski definition) is 7. The van der Waals surface area contributed by atoms with Gasteiger partial charge in [0.25, 0.3) is 5.91 Å². The van der Waals surface area contributed by atoms with E-state index in [1.165, 1.54) is 11.3 Å². The zero-order valence-electron chi connectivity index (χ0n) is 20.2. The van der Waals surface area contributed by atoms with Crippen molar-refractivity contribution in [3.05, 3.63) is 28.9 Å². The second-order valence-electron chi connectivity index (χ2n) is 9.61. The lowest BCUT2D eigenvalue weighted by atomic mass is 9.94. The molecule has 1 atom stereocenters. The van der Waals surface area contributed by atoms with Crippen LogP contribution in [0.5, 0.6) is 0 Å². The van der Waals surface area contributed by atoms with Gasteiger partial charge in [-0.3, -0.25) is 9.69 Å². The van der Waals surface area contributed by atoms with Crippen LogP contribution in [0.25, 0.3) is 10.2 Å². The molecular weight excluding hydrogens is 434 g/mol. The summed E-state index contributed by atoms with van der Waals surface area (Å²) in [5, 5.41) is 10.5. The molecular formula is C25H37N5O2S. The number of aryl methyl sites for hydroxylation is 1. The highest BCUT2D eigenvalue weighted by Crippen LogP contribution is 2.36. The number of aliphatic hydroxyl groups excluding tert-OH is 1. The van der Waals surface area contributed by atoms with E-state index in [-0.39, 0.29) is 12.5 Å². The molecule has 2 saturated heterocycles. The number of thiophene rings is 1. The highest BCUT2D eigenvalue weighted by atomic mass is 32.1. The van der Waals surface area contributed by atoms with Crippen molar-refractivity contribution in [3.8, 4) is 0 Å². The number of nitrogens with zero attached hydrogens (tertiary/aromatic N) is 5. The summed E-state index contributed by atoms with van der Waals surface area (Å²) in [6.07, 6.45) is 5.89. The quantitative estimate of drug-likeness (QED) is 0.621. The van der Waals surface area contributed by atoms with E-state index in [0.29, 0.717) is 12.0 Å². The lowest BCUT2D eigenvalue weighted by Crippen LogP contribution is -2.50. The van der Waals surface area contributed by atoms with Crippen LogP contribution in [0.4, 0.5) is 5.82 Å².